The van der Waals surface area contributed by atoms with Gasteiger partial charge in [-0.25, -0.2) is 9.13 Å². The first-order chi connectivity index (χ1) is 58.5. The second-order valence-corrected chi connectivity index (χ2v) is 37.9. The number of carbonyl (C=O) groups is 6. The standard InChI is InChI=1S/C95H182N2O22P2/c1-7-13-19-25-31-37-40-46-52-58-64-70-87(102)114-81(67-61-55-49-43-34-28-22-16-10-4)73-85(100)96-77-95(78-99,80-113-120(106,107)108)79-112-94-91(97-86(101)74-82(68-62-56-50-44-35-29-23-17-11-5)115-88(103)71-65-59-53-47-41-38-32-26-20-14-8-2)93(92(84(76-98)117-94)119-121(109,110)111)118-90(105)75-83(69-63-57-51-45-36-30-24-18-12-6)116-89(104)72-66-60-54-48-42-39-33-27-21-15-9-3/h81-84,91-94,98-99H,7-80H2,1-6H3,(H,96,100)(H,97,101)(H2,106,107,108)(H2,109,110,111)/t81-,82-,83-,84?,91?,92+,93-,94-,95?/m1/s1. The van der Waals surface area contributed by atoms with Gasteiger partial charge in [-0.05, 0) is 57.8 Å². The van der Waals surface area contributed by atoms with Crippen LogP contribution in [0.3, 0.4) is 0 Å². The number of rotatable bonds is 89. The molecule has 9 atom stereocenters. The Balaban J connectivity index is 4.00. The number of phosphoric ester groups is 2. The molecular weight excluding hydrogens is 1580 g/mol. The van der Waals surface area contributed by atoms with Crippen LogP contribution in [0.1, 0.15) is 485 Å². The molecule has 8 N–H and O–H groups in total. The van der Waals surface area contributed by atoms with Crippen LogP contribution in [-0.2, 0) is 75.4 Å². The minimum atomic E-state index is -5.64. The summed E-state index contributed by atoms with van der Waals surface area (Å²) in [6.07, 6.45) is 52.4. The lowest BCUT2D eigenvalue weighted by Crippen LogP contribution is -2.67. The molecule has 0 spiro atoms. The number of unbranched alkanes of at least 4 members (excludes halogenated alkanes) is 54. The number of esters is 4. The summed E-state index contributed by atoms with van der Waals surface area (Å²) in [5.74, 6) is -3.96. The van der Waals surface area contributed by atoms with Crippen molar-refractivity contribution >= 4 is 51.3 Å². The number of carbonyl (C=O) groups excluding carboxylic acids is 6. The van der Waals surface area contributed by atoms with Gasteiger partial charge in [0.25, 0.3) is 0 Å². The Morgan fingerprint density at radius 2 is 0.645 bits per heavy atom. The van der Waals surface area contributed by atoms with Gasteiger partial charge in [-0.15, -0.1) is 0 Å². The van der Waals surface area contributed by atoms with Gasteiger partial charge < -0.3 is 68.8 Å². The van der Waals surface area contributed by atoms with Crippen LogP contribution in [-0.4, -0.2) is 147 Å². The third-order valence-corrected chi connectivity index (χ3v) is 24.7. The summed E-state index contributed by atoms with van der Waals surface area (Å²) in [5, 5.41) is 28.2. The van der Waals surface area contributed by atoms with Crippen molar-refractivity contribution in [1.82, 2.24) is 10.6 Å². The van der Waals surface area contributed by atoms with Crippen molar-refractivity contribution in [2.75, 3.05) is 33.0 Å². The van der Waals surface area contributed by atoms with E-state index in [1.165, 1.54) is 141 Å². The molecule has 2 amide bonds. The van der Waals surface area contributed by atoms with Gasteiger partial charge in [0, 0.05) is 25.8 Å². The third-order valence-electron chi connectivity index (χ3n) is 23.7. The maximum absolute atomic E-state index is 15.1. The molecule has 0 aliphatic carbocycles. The summed E-state index contributed by atoms with van der Waals surface area (Å²) in [7, 11) is -11.0. The topological polar surface area (TPSA) is 356 Å². The SMILES string of the molecule is CCCCCCCCCCCCCC(=O)O[C@H](CCCCCCCCCCC)CC(=O)NCC(CO)(CO[C@@H]1OC(CO)[C@H](OP(=O)(O)O)[C@H](OC(=O)C[C@@H](CCCCCCCCCCC)OC(=O)CCCCCCCCCCCCC)C1NC(=O)C[C@@H](CCCCCCCCCCC)OC(=O)CCCCCCCCCCCCC)COP(=O)(O)O. The number of ether oxygens (including phenoxy) is 6. The first-order valence-electron chi connectivity index (χ1n) is 49.8. The Kier molecular flexibility index (Phi) is 75.7. The fourth-order valence-corrected chi connectivity index (χ4v) is 17.2. The zero-order chi connectivity index (χ0) is 89.0. The van der Waals surface area contributed by atoms with Gasteiger partial charge in [-0.3, -0.25) is 37.8 Å². The molecule has 1 aliphatic rings. The minimum absolute atomic E-state index is 0.103. The van der Waals surface area contributed by atoms with Gasteiger partial charge in [-0.1, -0.05) is 388 Å². The molecule has 1 fully saturated rings. The Labute approximate surface area is 735 Å². The summed E-state index contributed by atoms with van der Waals surface area (Å²) in [6.45, 7) is 8.66. The van der Waals surface area contributed by atoms with Gasteiger partial charge in [0.15, 0.2) is 12.4 Å². The fourth-order valence-electron chi connectivity index (χ4n) is 16.1. The summed E-state index contributed by atoms with van der Waals surface area (Å²) >= 11 is 0. The maximum Gasteiger partial charge on any atom is 0.470 e. The monoisotopic (exact) mass is 1770 g/mol. The molecule has 3 unspecified atom stereocenters. The quantitative estimate of drug-likeness (QED) is 0.0121. The summed E-state index contributed by atoms with van der Waals surface area (Å²) in [4.78, 5) is 127. The van der Waals surface area contributed by atoms with E-state index >= 15 is 4.79 Å². The van der Waals surface area contributed by atoms with Gasteiger partial charge in [0.05, 0.1) is 51.1 Å². The van der Waals surface area contributed by atoms with Gasteiger partial charge >= 0.3 is 39.5 Å². The van der Waals surface area contributed by atoms with Crippen molar-refractivity contribution in [2.24, 2.45) is 5.41 Å². The Hall–Kier alpha value is -3.12. The van der Waals surface area contributed by atoms with Crippen LogP contribution in [0.5, 0.6) is 0 Å². The molecule has 26 heteroatoms. The third kappa shape index (κ3) is 68.7. The molecule has 0 aromatic rings. The molecule has 24 nitrogen and oxygen atoms in total. The molecule has 1 aliphatic heterocycles. The highest BCUT2D eigenvalue weighted by atomic mass is 31.2. The number of aliphatic hydroxyl groups excluding tert-OH is 2. The predicted molar refractivity (Wildman–Crippen MR) is 483 cm³/mol. The number of amides is 2. The number of aliphatic hydroxyl groups is 2. The number of phosphoric acid groups is 2. The molecular formula is C95H182N2O22P2. The van der Waals surface area contributed by atoms with Crippen molar-refractivity contribution in [3.8, 4) is 0 Å². The Morgan fingerprint density at radius 1 is 0.355 bits per heavy atom. The van der Waals surface area contributed by atoms with Gasteiger partial charge in [0.2, 0.25) is 11.8 Å². The number of hydrogen-bond donors (Lipinski definition) is 8. The van der Waals surface area contributed by atoms with Crippen LogP contribution in [0.4, 0.5) is 0 Å². The molecule has 0 aromatic heterocycles. The zero-order valence-electron chi connectivity index (χ0n) is 77.6. The van der Waals surface area contributed by atoms with E-state index in [1.807, 2.05) is 0 Å². The highest BCUT2D eigenvalue weighted by molar-refractivity contribution is 7.46. The minimum Gasteiger partial charge on any atom is -0.462 e. The molecule has 0 bridgehead atoms. The van der Waals surface area contributed by atoms with Crippen molar-refractivity contribution in [1.29, 1.82) is 0 Å². The van der Waals surface area contributed by atoms with E-state index in [2.05, 4.69) is 52.2 Å². The highest BCUT2D eigenvalue weighted by Crippen LogP contribution is 2.44. The molecule has 121 heavy (non-hydrogen) atoms. The summed E-state index contributed by atoms with van der Waals surface area (Å²) in [6, 6.07) is -1.86. The smallest absolute Gasteiger partial charge is 0.462 e. The molecule has 0 saturated carbocycles. The molecule has 714 valence electrons. The molecule has 1 saturated heterocycles. The van der Waals surface area contributed by atoms with Crippen molar-refractivity contribution in [3.63, 3.8) is 0 Å². The lowest BCUT2D eigenvalue weighted by atomic mass is 9.90. The van der Waals surface area contributed by atoms with E-state index in [0.717, 1.165) is 205 Å². The molecule has 1 heterocycles. The van der Waals surface area contributed by atoms with E-state index in [1.54, 1.807) is 0 Å². The van der Waals surface area contributed by atoms with Crippen LogP contribution in [0.2, 0.25) is 0 Å². The van der Waals surface area contributed by atoms with Gasteiger partial charge in [0.1, 0.15) is 36.6 Å². The Morgan fingerprint density at radius 3 is 0.934 bits per heavy atom. The lowest BCUT2D eigenvalue weighted by molar-refractivity contribution is -0.278. The lowest BCUT2D eigenvalue weighted by Gasteiger charge is -2.46. The molecule has 0 aromatic carbocycles. The van der Waals surface area contributed by atoms with E-state index < -0.39 is 152 Å². The van der Waals surface area contributed by atoms with E-state index in [-0.39, 0.29) is 38.5 Å². The first-order valence-corrected chi connectivity index (χ1v) is 52.8. The van der Waals surface area contributed by atoms with Crippen LogP contribution >= 0.6 is 15.6 Å². The number of hydrogen-bond acceptors (Lipinski definition) is 18. The van der Waals surface area contributed by atoms with Crippen LogP contribution < -0.4 is 10.6 Å². The normalized spacial score (nSPS) is 16.9. The second-order valence-electron chi connectivity index (χ2n) is 35.5. The average Bonchev–Trinajstić information content (AvgIpc) is 0.776. The first kappa shape index (κ1) is 116. The fraction of sp³-hybridized carbons (Fsp3) is 0.937. The molecule has 0 radical (unpaired) electrons. The predicted octanol–water partition coefficient (Wildman–Crippen LogP) is 23.6. The van der Waals surface area contributed by atoms with E-state index in [9.17, 15) is 62.9 Å². The van der Waals surface area contributed by atoms with E-state index in [4.69, 9.17) is 37.5 Å². The summed E-state index contributed by atoms with van der Waals surface area (Å²) < 4.78 is 73.7. The largest absolute Gasteiger partial charge is 0.470 e. The zero-order valence-corrected chi connectivity index (χ0v) is 79.3. The highest BCUT2D eigenvalue weighted by Gasteiger charge is 2.53. The van der Waals surface area contributed by atoms with Crippen molar-refractivity contribution in [3.05, 3.63) is 0 Å². The van der Waals surface area contributed by atoms with Gasteiger partial charge in [-0.2, -0.15) is 0 Å². The number of nitrogens with one attached hydrogen (secondary N) is 2. The van der Waals surface area contributed by atoms with Crippen molar-refractivity contribution < 1.29 is 105 Å². The Bertz CT molecular complexity index is 2580. The summed E-state index contributed by atoms with van der Waals surface area (Å²) in [5.41, 5.74) is -1.99. The van der Waals surface area contributed by atoms with Crippen LogP contribution in [0, 0.1) is 5.41 Å². The maximum atomic E-state index is 15.1. The average molecular weight is 1770 g/mol. The van der Waals surface area contributed by atoms with Crippen molar-refractivity contribution in [2.45, 2.75) is 534 Å². The molecule has 1 rings (SSSR count). The van der Waals surface area contributed by atoms with Crippen LogP contribution in [0.25, 0.3) is 0 Å². The second kappa shape index (κ2) is 79.1. The van der Waals surface area contributed by atoms with Crippen LogP contribution in [0.15, 0.2) is 0 Å². The van der Waals surface area contributed by atoms with E-state index in [0.29, 0.717) is 44.9 Å².